The molecule has 1 heterocycles. The number of rotatable bonds is 2. The third kappa shape index (κ3) is 2.23. The lowest BCUT2D eigenvalue weighted by molar-refractivity contribution is 0.222. The molecular weight excluding hydrogens is 318 g/mol. The first-order valence-electron chi connectivity index (χ1n) is 7.05. The summed E-state index contributed by atoms with van der Waals surface area (Å²) >= 11 is 3.60. The number of benzene rings is 1. The third-order valence-corrected chi connectivity index (χ3v) is 5.45. The van der Waals surface area contributed by atoms with Crippen molar-refractivity contribution < 1.29 is 0 Å². The minimum Gasteiger partial charge on any atom is -0.324 e. The van der Waals surface area contributed by atoms with E-state index in [9.17, 15) is 4.79 Å². The van der Waals surface area contributed by atoms with Crippen LogP contribution in [0.3, 0.4) is 0 Å². The molecule has 4 nitrogen and oxygen atoms in total. The van der Waals surface area contributed by atoms with E-state index in [-0.39, 0.29) is 17.1 Å². The highest BCUT2D eigenvalue weighted by Gasteiger charge is 2.39. The summed E-state index contributed by atoms with van der Waals surface area (Å²) in [7, 11) is 0. The molecule has 0 saturated heterocycles. The molecule has 0 spiro atoms. The van der Waals surface area contributed by atoms with Crippen molar-refractivity contribution in [2.75, 3.05) is 0 Å². The lowest BCUT2D eigenvalue weighted by Gasteiger charge is -2.32. The summed E-state index contributed by atoms with van der Waals surface area (Å²) in [5.74, 6) is 0.474. The molecular formula is C15H20BrN3O. The molecule has 20 heavy (non-hydrogen) atoms. The van der Waals surface area contributed by atoms with Crippen LogP contribution in [-0.4, -0.2) is 9.97 Å². The molecule has 108 valence electrons. The Bertz CT molecular complexity index is 701. The van der Waals surface area contributed by atoms with Gasteiger partial charge in [-0.3, -0.25) is 0 Å². The molecule has 1 aromatic heterocycles. The SMILES string of the molecule is CC1(C)CCCC1C(N)c1cc2[nH]c(=O)[nH]c2cc1Br. The van der Waals surface area contributed by atoms with Crippen molar-refractivity contribution in [2.24, 2.45) is 17.1 Å². The standard InChI is InChI=1S/C15H20BrN3O/c1-15(2)5-3-4-9(15)13(17)8-6-11-12(7-10(8)16)19-14(20)18-11/h6-7,9,13H,3-5,17H2,1-2H3,(H2,18,19,20). The Morgan fingerprint density at radius 1 is 1.35 bits per heavy atom. The molecule has 2 unspecified atom stereocenters. The van der Waals surface area contributed by atoms with Crippen molar-refractivity contribution in [2.45, 2.75) is 39.2 Å². The zero-order valence-corrected chi connectivity index (χ0v) is 13.4. The Balaban J connectivity index is 2.04. The van der Waals surface area contributed by atoms with Gasteiger partial charge in [0.2, 0.25) is 0 Å². The van der Waals surface area contributed by atoms with E-state index in [1.165, 1.54) is 19.3 Å². The lowest BCUT2D eigenvalue weighted by atomic mass is 9.76. The van der Waals surface area contributed by atoms with Crippen LogP contribution in [0.1, 0.15) is 44.7 Å². The number of halogens is 1. The van der Waals surface area contributed by atoms with E-state index >= 15 is 0 Å². The van der Waals surface area contributed by atoms with Gasteiger partial charge in [-0.15, -0.1) is 0 Å². The number of fused-ring (bicyclic) bond motifs is 1. The van der Waals surface area contributed by atoms with Crippen molar-refractivity contribution in [3.05, 3.63) is 32.7 Å². The molecule has 1 fully saturated rings. The van der Waals surface area contributed by atoms with Gasteiger partial charge in [-0.05, 0) is 41.9 Å². The van der Waals surface area contributed by atoms with E-state index in [0.717, 1.165) is 21.1 Å². The first-order chi connectivity index (χ1) is 9.38. The van der Waals surface area contributed by atoms with Crippen LogP contribution in [0.25, 0.3) is 11.0 Å². The second kappa shape index (κ2) is 4.74. The second-order valence-corrected chi connectivity index (χ2v) is 7.37. The molecule has 2 atom stereocenters. The largest absolute Gasteiger partial charge is 0.324 e. The van der Waals surface area contributed by atoms with Crippen molar-refractivity contribution in [1.29, 1.82) is 0 Å². The maximum absolute atomic E-state index is 11.4. The maximum Gasteiger partial charge on any atom is 0.323 e. The molecule has 1 saturated carbocycles. The van der Waals surface area contributed by atoms with E-state index in [1.54, 1.807) is 0 Å². The molecule has 1 aliphatic rings. The lowest BCUT2D eigenvalue weighted by Crippen LogP contribution is -2.29. The summed E-state index contributed by atoms with van der Waals surface area (Å²) in [5, 5.41) is 0. The van der Waals surface area contributed by atoms with Gasteiger partial charge in [-0.1, -0.05) is 36.2 Å². The number of hydrogen-bond donors (Lipinski definition) is 3. The Labute approximate surface area is 126 Å². The number of H-pyrrole nitrogens is 2. The number of aromatic amines is 2. The fourth-order valence-corrected chi connectivity index (χ4v) is 4.17. The summed E-state index contributed by atoms with van der Waals surface area (Å²) in [6.07, 6.45) is 3.64. The monoisotopic (exact) mass is 337 g/mol. The third-order valence-electron chi connectivity index (χ3n) is 4.77. The first kappa shape index (κ1) is 13.9. The molecule has 0 aliphatic heterocycles. The molecule has 0 amide bonds. The number of hydrogen-bond acceptors (Lipinski definition) is 2. The molecule has 4 N–H and O–H groups in total. The van der Waals surface area contributed by atoms with Crippen LogP contribution >= 0.6 is 15.9 Å². The van der Waals surface area contributed by atoms with Gasteiger partial charge in [0.25, 0.3) is 0 Å². The predicted molar refractivity (Wildman–Crippen MR) is 84.7 cm³/mol. The van der Waals surface area contributed by atoms with Gasteiger partial charge in [-0.25, -0.2) is 4.79 Å². The molecule has 0 radical (unpaired) electrons. The Morgan fingerprint density at radius 3 is 2.60 bits per heavy atom. The molecule has 2 aromatic rings. The number of imidazole rings is 1. The second-order valence-electron chi connectivity index (χ2n) is 6.51. The van der Waals surface area contributed by atoms with E-state index in [2.05, 4.69) is 39.7 Å². The highest BCUT2D eigenvalue weighted by atomic mass is 79.9. The van der Waals surface area contributed by atoms with Gasteiger partial charge < -0.3 is 15.7 Å². The Kier molecular flexibility index (Phi) is 3.29. The topological polar surface area (TPSA) is 74.7 Å². The number of nitrogens with two attached hydrogens (primary N) is 1. The van der Waals surface area contributed by atoms with Crippen molar-refractivity contribution >= 4 is 27.0 Å². The normalized spacial score (nSPS) is 23.3. The van der Waals surface area contributed by atoms with Crippen LogP contribution in [0.5, 0.6) is 0 Å². The summed E-state index contributed by atoms with van der Waals surface area (Å²) < 4.78 is 0.968. The van der Waals surface area contributed by atoms with Crippen molar-refractivity contribution in [3.63, 3.8) is 0 Å². The predicted octanol–water partition coefficient (Wildman–Crippen LogP) is 3.44. The van der Waals surface area contributed by atoms with Gasteiger partial charge in [0.05, 0.1) is 11.0 Å². The molecule has 5 heteroatoms. The fourth-order valence-electron chi connectivity index (χ4n) is 3.56. The summed E-state index contributed by atoms with van der Waals surface area (Å²) in [6.45, 7) is 4.60. The molecule has 0 bridgehead atoms. The Morgan fingerprint density at radius 2 is 2.00 bits per heavy atom. The summed E-state index contributed by atoms with van der Waals surface area (Å²) in [5.41, 5.74) is 9.34. The van der Waals surface area contributed by atoms with Crippen LogP contribution in [0.2, 0.25) is 0 Å². The average Bonchev–Trinajstić information content (AvgIpc) is 2.88. The molecule has 1 aliphatic carbocycles. The number of aromatic nitrogens is 2. The quantitative estimate of drug-likeness (QED) is 0.785. The smallest absolute Gasteiger partial charge is 0.323 e. The first-order valence-corrected chi connectivity index (χ1v) is 7.85. The van der Waals surface area contributed by atoms with Crippen LogP contribution in [0.15, 0.2) is 21.4 Å². The molecule has 1 aromatic carbocycles. The van der Waals surface area contributed by atoms with E-state index < -0.39 is 0 Å². The number of nitrogens with one attached hydrogen (secondary N) is 2. The highest BCUT2D eigenvalue weighted by molar-refractivity contribution is 9.10. The van der Waals surface area contributed by atoms with Gasteiger partial charge >= 0.3 is 5.69 Å². The summed E-state index contributed by atoms with van der Waals surface area (Å²) in [6, 6.07) is 3.92. The minimum absolute atomic E-state index is 0.00956. The van der Waals surface area contributed by atoms with Gasteiger partial charge in [0, 0.05) is 10.5 Å². The zero-order chi connectivity index (χ0) is 14.5. The van der Waals surface area contributed by atoms with Gasteiger partial charge in [0.1, 0.15) is 0 Å². The fraction of sp³-hybridized carbons (Fsp3) is 0.533. The van der Waals surface area contributed by atoms with Crippen LogP contribution < -0.4 is 11.4 Å². The van der Waals surface area contributed by atoms with Crippen molar-refractivity contribution in [1.82, 2.24) is 9.97 Å². The van der Waals surface area contributed by atoms with Crippen LogP contribution in [-0.2, 0) is 0 Å². The summed E-state index contributed by atoms with van der Waals surface area (Å²) in [4.78, 5) is 17.0. The average molecular weight is 338 g/mol. The van der Waals surface area contributed by atoms with Crippen molar-refractivity contribution in [3.8, 4) is 0 Å². The zero-order valence-electron chi connectivity index (χ0n) is 11.8. The highest BCUT2D eigenvalue weighted by Crippen LogP contribution is 2.48. The van der Waals surface area contributed by atoms with E-state index in [0.29, 0.717) is 5.92 Å². The van der Waals surface area contributed by atoms with Gasteiger partial charge in [-0.2, -0.15) is 0 Å². The Hall–Kier alpha value is -1.07. The van der Waals surface area contributed by atoms with Crippen LogP contribution in [0.4, 0.5) is 0 Å². The molecule has 3 rings (SSSR count). The maximum atomic E-state index is 11.4. The minimum atomic E-state index is -0.182. The van der Waals surface area contributed by atoms with Gasteiger partial charge in [0.15, 0.2) is 0 Å². The van der Waals surface area contributed by atoms with E-state index in [4.69, 9.17) is 5.73 Å². The van der Waals surface area contributed by atoms with E-state index in [1.807, 2.05) is 12.1 Å². The van der Waals surface area contributed by atoms with Crippen LogP contribution in [0, 0.1) is 11.3 Å².